The van der Waals surface area contributed by atoms with Gasteiger partial charge in [-0.1, -0.05) is 26.8 Å². The van der Waals surface area contributed by atoms with E-state index in [1.165, 1.54) is 11.1 Å². The first-order valence-electron chi connectivity index (χ1n) is 9.42. The average molecular weight is 348 g/mol. The smallest absolute Gasteiger partial charge is 0.410 e. The van der Waals surface area contributed by atoms with E-state index < -0.39 is 0 Å². The summed E-state index contributed by atoms with van der Waals surface area (Å²) in [6.45, 7) is 12.3. The first-order valence-corrected chi connectivity index (χ1v) is 9.42. The quantitative estimate of drug-likeness (QED) is 0.751. The molecule has 1 aromatic carbocycles. The molecule has 1 aliphatic rings. The van der Waals surface area contributed by atoms with Crippen LogP contribution in [0.15, 0.2) is 12.1 Å². The van der Waals surface area contributed by atoms with Crippen LogP contribution < -0.4 is 4.74 Å². The molecule has 1 heterocycles. The van der Waals surface area contributed by atoms with Crippen LogP contribution in [-0.4, -0.2) is 48.7 Å². The number of hydrogen-bond acceptors (Lipinski definition) is 4. The molecular formula is C20H32N2O3. The Labute approximate surface area is 151 Å². The number of hydrogen-bond donors (Lipinski definition) is 0. The van der Waals surface area contributed by atoms with Crippen LogP contribution in [-0.2, 0) is 24.2 Å². The van der Waals surface area contributed by atoms with E-state index in [1.807, 2.05) is 11.8 Å². The maximum atomic E-state index is 12.3. The molecule has 0 radical (unpaired) electrons. The minimum Gasteiger partial charge on any atom is -0.496 e. The summed E-state index contributed by atoms with van der Waals surface area (Å²) < 4.78 is 10.9. The minimum atomic E-state index is -0.216. The molecule has 0 aliphatic carbocycles. The van der Waals surface area contributed by atoms with E-state index in [1.54, 1.807) is 7.11 Å². The molecule has 5 heteroatoms. The molecule has 140 valence electrons. The lowest BCUT2D eigenvalue weighted by molar-refractivity contribution is 0.0813. The van der Waals surface area contributed by atoms with Gasteiger partial charge in [0.1, 0.15) is 5.75 Å². The molecule has 0 fully saturated rings. The Morgan fingerprint density at radius 2 is 1.92 bits per heavy atom. The predicted molar refractivity (Wildman–Crippen MR) is 100.0 cm³/mol. The van der Waals surface area contributed by atoms with E-state index in [4.69, 9.17) is 9.47 Å². The van der Waals surface area contributed by atoms with Crippen molar-refractivity contribution in [3.8, 4) is 5.75 Å². The van der Waals surface area contributed by atoms with Gasteiger partial charge in [0.2, 0.25) is 0 Å². The van der Waals surface area contributed by atoms with Crippen molar-refractivity contribution in [2.75, 3.05) is 26.8 Å². The molecule has 2 rings (SSSR count). The summed E-state index contributed by atoms with van der Waals surface area (Å²) >= 11 is 0. The van der Waals surface area contributed by atoms with Crippen LogP contribution in [0.4, 0.5) is 4.79 Å². The van der Waals surface area contributed by atoms with E-state index in [-0.39, 0.29) is 12.1 Å². The van der Waals surface area contributed by atoms with Gasteiger partial charge in [0, 0.05) is 24.7 Å². The number of amides is 1. The highest BCUT2D eigenvalue weighted by Crippen LogP contribution is 2.32. The van der Waals surface area contributed by atoms with Gasteiger partial charge in [-0.2, -0.15) is 0 Å². The maximum Gasteiger partial charge on any atom is 0.410 e. The highest BCUT2D eigenvalue weighted by Gasteiger charge is 2.30. The first-order chi connectivity index (χ1) is 12.1. The molecule has 1 aliphatic heterocycles. The van der Waals surface area contributed by atoms with Gasteiger partial charge in [0.25, 0.3) is 0 Å². The van der Waals surface area contributed by atoms with Crippen molar-refractivity contribution in [1.29, 1.82) is 0 Å². The zero-order valence-electron chi connectivity index (χ0n) is 16.3. The van der Waals surface area contributed by atoms with Gasteiger partial charge in [0.15, 0.2) is 0 Å². The van der Waals surface area contributed by atoms with Crippen LogP contribution in [0.3, 0.4) is 0 Å². The van der Waals surface area contributed by atoms with E-state index in [9.17, 15) is 4.79 Å². The number of nitrogens with zero attached hydrogens (tertiary/aromatic N) is 2. The fourth-order valence-corrected chi connectivity index (χ4v) is 3.52. The van der Waals surface area contributed by atoms with Crippen LogP contribution >= 0.6 is 0 Å². The van der Waals surface area contributed by atoms with Crippen molar-refractivity contribution in [2.45, 2.75) is 59.7 Å². The second-order valence-corrected chi connectivity index (χ2v) is 6.49. The number of carbonyl (C=O) groups is 1. The molecule has 0 spiro atoms. The van der Waals surface area contributed by atoms with Crippen molar-refractivity contribution >= 4 is 6.09 Å². The first kappa shape index (κ1) is 19.6. The molecule has 0 saturated carbocycles. The Hall–Kier alpha value is -1.75. The summed E-state index contributed by atoms with van der Waals surface area (Å²) in [5, 5.41) is 0. The molecule has 0 N–H and O–H groups in total. The highest BCUT2D eigenvalue weighted by molar-refractivity contribution is 5.69. The number of rotatable bonds is 7. The third-order valence-electron chi connectivity index (χ3n) is 5.10. The van der Waals surface area contributed by atoms with E-state index in [2.05, 4.69) is 37.8 Å². The fraction of sp³-hybridized carbons (Fsp3) is 0.650. The Bertz CT molecular complexity index is 585. The Balaban J connectivity index is 2.31. The Morgan fingerprint density at radius 1 is 1.20 bits per heavy atom. The summed E-state index contributed by atoms with van der Waals surface area (Å²) in [4.78, 5) is 16.5. The molecule has 0 bridgehead atoms. The van der Waals surface area contributed by atoms with Crippen LogP contribution in [0.1, 0.15) is 50.8 Å². The van der Waals surface area contributed by atoms with E-state index in [0.717, 1.165) is 43.8 Å². The van der Waals surface area contributed by atoms with Gasteiger partial charge in [-0.15, -0.1) is 0 Å². The zero-order valence-corrected chi connectivity index (χ0v) is 16.3. The molecule has 5 nitrogen and oxygen atoms in total. The van der Waals surface area contributed by atoms with Gasteiger partial charge in [-0.3, -0.25) is 4.90 Å². The highest BCUT2D eigenvalue weighted by atomic mass is 16.6. The van der Waals surface area contributed by atoms with Gasteiger partial charge in [-0.25, -0.2) is 4.79 Å². The second-order valence-electron chi connectivity index (χ2n) is 6.49. The molecule has 1 amide bonds. The molecule has 1 atom stereocenters. The largest absolute Gasteiger partial charge is 0.496 e. The van der Waals surface area contributed by atoms with E-state index in [0.29, 0.717) is 13.2 Å². The second kappa shape index (κ2) is 9.09. The van der Waals surface area contributed by atoms with Crippen LogP contribution in [0.2, 0.25) is 0 Å². The van der Waals surface area contributed by atoms with Gasteiger partial charge < -0.3 is 14.4 Å². The molecule has 0 aromatic heterocycles. The summed E-state index contributed by atoms with van der Waals surface area (Å²) in [5.41, 5.74) is 3.72. The van der Waals surface area contributed by atoms with Gasteiger partial charge in [0.05, 0.1) is 13.7 Å². The number of benzene rings is 1. The number of methoxy groups -OCH3 is 1. The number of carbonyl (C=O) groups excluding carboxylic acids is 1. The summed E-state index contributed by atoms with van der Waals surface area (Å²) in [6.07, 6.45) is 1.58. The van der Waals surface area contributed by atoms with Gasteiger partial charge in [-0.05, 0) is 50.0 Å². The van der Waals surface area contributed by atoms with Crippen molar-refractivity contribution < 1.29 is 14.3 Å². The van der Waals surface area contributed by atoms with Crippen LogP contribution in [0.25, 0.3) is 0 Å². The third-order valence-corrected chi connectivity index (χ3v) is 5.10. The molecule has 1 aromatic rings. The summed E-state index contributed by atoms with van der Waals surface area (Å²) in [7, 11) is 1.72. The fourth-order valence-electron chi connectivity index (χ4n) is 3.52. The SMILES string of the molecule is CCOC(=O)N1Cc2cc(OC)c(CN(CC)CC)cc2CC1CC. The standard InChI is InChI=1S/C20H32N2O3/c1-6-18-11-15-10-17(13-21(7-2)8-3)19(24-5)12-16(15)14-22(18)20(23)25-9-4/h10,12,18H,6-9,11,13-14H2,1-5H3. The minimum absolute atomic E-state index is 0.196. The molecule has 0 saturated heterocycles. The van der Waals surface area contributed by atoms with Crippen molar-refractivity contribution in [1.82, 2.24) is 9.80 Å². The zero-order chi connectivity index (χ0) is 18.4. The molecular weight excluding hydrogens is 316 g/mol. The molecule has 1 unspecified atom stereocenters. The third kappa shape index (κ3) is 4.46. The predicted octanol–water partition coefficient (Wildman–Crippen LogP) is 3.83. The van der Waals surface area contributed by atoms with Crippen LogP contribution in [0.5, 0.6) is 5.75 Å². The Kier molecular flexibility index (Phi) is 7.12. The van der Waals surface area contributed by atoms with E-state index >= 15 is 0 Å². The lowest BCUT2D eigenvalue weighted by atomic mass is 9.91. The Morgan fingerprint density at radius 3 is 2.48 bits per heavy atom. The van der Waals surface area contributed by atoms with Crippen molar-refractivity contribution in [3.05, 3.63) is 28.8 Å². The maximum absolute atomic E-state index is 12.3. The lowest BCUT2D eigenvalue weighted by Gasteiger charge is -2.36. The van der Waals surface area contributed by atoms with Gasteiger partial charge >= 0.3 is 6.09 Å². The summed E-state index contributed by atoms with van der Waals surface area (Å²) in [5.74, 6) is 0.907. The van der Waals surface area contributed by atoms with Crippen LogP contribution in [0, 0.1) is 0 Å². The lowest BCUT2D eigenvalue weighted by Crippen LogP contribution is -2.44. The average Bonchev–Trinajstić information content (AvgIpc) is 2.64. The normalized spacial score (nSPS) is 16.7. The topological polar surface area (TPSA) is 42.0 Å². The monoisotopic (exact) mass is 348 g/mol. The number of ether oxygens (including phenoxy) is 2. The van der Waals surface area contributed by atoms with Crippen molar-refractivity contribution in [3.63, 3.8) is 0 Å². The molecule has 25 heavy (non-hydrogen) atoms. The van der Waals surface area contributed by atoms with Crippen molar-refractivity contribution in [2.24, 2.45) is 0 Å². The number of fused-ring (bicyclic) bond motifs is 1. The summed E-state index contributed by atoms with van der Waals surface area (Å²) in [6, 6.07) is 4.57.